The Morgan fingerprint density at radius 1 is 1.00 bits per heavy atom. The molecule has 2 rings (SSSR count). The highest BCUT2D eigenvalue weighted by Crippen LogP contribution is 2.28. The third kappa shape index (κ3) is 9.72. The van der Waals surface area contributed by atoms with E-state index in [1.165, 1.54) is 0 Å². The van der Waals surface area contributed by atoms with Gasteiger partial charge in [0.05, 0.1) is 0 Å². The van der Waals surface area contributed by atoms with Crippen LogP contribution >= 0.6 is 0 Å². The molecule has 0 aliphatic heterocycles. The highest BCUT2D eigenvalue weighted by molar-refractivity contribution is 5.92. The van der Waals surface area contributed by atoms with E-state index in [0.29, 0.717) is 19.5 Å². The molecule has 0 saturated carbocycles. The normalized spacial score (nSPS) is 13.6. The van der Waals surface area contributed by atoms with Crippen molar-refractivity contribution in [3.05, 3.63) is 70.8 Å². The number of carbonyl (C=O) groups excluding carboxylic acids is 3. The topological polar surface area (TPSA) is 87.7 Å². The standard InChI is InChI=1S/C32H47N3O4/c1-9-11-19-35(30(37)27(23(4)10-2)34-31(38)39-32(6,7)8)28(26-20-22(3)17-18-24(26)5)29(36)33-21-25-15-13-12-14-16-25/h12-18,20,23,27-28H,9-11,19,21H2,1-8H3,(H,33,36)(H,34,38). The van der Waals surface area contributed by atoms with Gasteiger partial charge >= 0.3 is 6.09 Å². The van der Waals surface area contributed by atoms with Gasteiger partial charge in [0.2, 0.25) is 11.8 Å². The van der Waals surface area contributed by atoms with Crippen molar-refractivity contribution < 1.29 is 19.1 Å². The number of carbonyl (C=O) groups is 3. The first kappa shape index (κ1) is 31.9. The zero-order valence-electron chi connectivity index (χ0n) is 25.0. The Morgan fingerprint density at radius 3 is 2.26 bits per heavy atom. The lowest BCUT2D eigenvalue weighted by Gasteiger charge is -2.36. The molecule has 7 nitrogen and oxygen atoms in total. The minimum absolute atomic E-state index is 0.166. The van der Waals surface area contributed by atoms with Crippen LogP contribution in [0.1, 0.15) is 89.1 Å². The van der Waals surface area contributed by atoms with E-state index in [0.717, 1.165) is 35.1 Å². The molecule has 0 radical (unpaired) electrons. The number of nitrogens with one attached hydrogen (secondary N) is 2. The van der Waals surface area contributed by atoms with Gasteiger partial charge < -0.3 is 20.3 Å². The largest absolute Gasteiger partial charge is 0.444 e. The summed E-state index contributed by atoms with van der Waals surface area (Å²) in [4.78, 5) is 42.7. The first-order valence-electron chi connectivity index (χ1n) is 14.1. The first-order valence-corrected chi connectivity index (χ1v) is 14.1. The van der Waals surface area contributed by atoms with E-state index >= 15 is 0 Å². The second-order valence-electron chi connectivity index (χ2n) is 11.4. The van der Waals surface area contributed by atoms with Gasteiger partial charge in [-0.25, -0.2) is 4.79 Å². The molecule has 0 aliphatic carbocycles. The number of hydrogen-bond acceptors (Lipinski definition) is 4. The predicted octanol–water partition coefficient (Wildman–Crippen LogP) is 6.23. The van der Waals surface area contributed by atoms with Gasteiger partial charge in [-0.2, -0.15) is 0 Å². The van der Waals surface area contributed by atoms with Crippen LogP contribution < -0.4 is 10.6 Å². The van der Waals surface area contributed by atoms with Crippen LogP contribution in [0.15, 0.2) is 48.5 Å². The Hall–Kier alpha value is -3.35. The molecule has 0 aromatic heterocycles. The summed E-state index contributed by atoms with van der Waals surface area (Å²) < 4.78 is 5.49. The van der Waals surface area contributed by atoms with E-state index in [4.69, 9.17) is 4.74 Å². The molecule has 2 aromatic rings. The number of nitrogens with zero attached hydrogens (tertiary/aromatic N) is 1. The van der Waals surface area contributed by atoms with Gasteiger partial charge in [-0.15, -0.1) is 0 Å². The number of benzene rings is 2. The summed E-state index contributed by atoms with van der Waals surface area (Å²) in [6.07, 6.45) is 1.59. The molecule has 2 N–H and O–H groups in total. The molecule has 0 saturated heterocycles. The average molecular weight is 538 g/mol. The van der Waals surface area contributed by atoms with E-state index in [-0.39, 0.29) is 17.7 Å². The number of amides is 3. The first-order chi connectivity index (χ1) is 18.4. The van der Waals surface area contributed by atoms with Crippen LogP contribution in [0.4, 0.5) is 4.79 Å². The SMILES string of the molecule is CCCCN(C(=O)C(NC(=O)OC(C)(C)C)C(C)CC)C(C(=O)NCc1ccccc1)c1cc(C)ccc1C. The van der Waals surface area contributed by atoms with Gasteiger partial charge in [-0.1, -0.05) is 87.7 Å². The molecule has 0 spiro atoms. The van der Waals surface area contributed by atoms with Crippen LogP contribution in [0.5, 0.6) is 0 Å². The van der Waals surface area contributed by atoms with E-state index in [1.807, 2.05) is 76.2 Å². The van der Waals surface area contributed by atoms with Gasteiger partial charge in [0.25, 0.3) is 0 Å². The Kier molecular flexibility index (Phi) is 12.0. The molecular weight excluding hydrogens is 490 g/mol. The van der Waals surface area contributed by atoms with Crippen molar-refractivity contribution in [1.82, 2.24) is 15.5 Å². The molecule has 0 fully saturated rings. The lowest BCUT2D eigenvalue weighted by Crippen LogP contribution is -2.55. The van der Waals surface area contributed by atoms with E-state index < -0.39 is 23.8 Å². The molecule has 214 valence electrons. The number of rotatable bonds is 12. The number of unbranched alkanes of at least 4 members (excludes halogenated alkanes) is 1. The summed E-state index contributed by atoms with van der Waals surface area (Å²) in [7, 11) is 0. The van der Waals surface area contributed by atoms with Crippen molar-refractivity contribution in [2.24, 2.45) is 5.92 Å². The minimum Gasteiger partial charge on any atom is -0.444 e. The predicted molar refractivity (Wildman–Crippen MR) is 156 cm³/mol. The smallest absolute Gasteiger partial charge is 0.408 e. The maximum atomic E-state index is 14.3. The fraction of sp³-hybridized carbons (Fsp3) is 0.531. The summed E-state index contributed by atoms with van der Waals surface area (Å²) in [5, 5.41) is 5.89. The Morgan fingerprint density at radius 2 is 1.67 bits per heavy atom. The van der Waals surface area contributed by atoms with Crippen LogP contribution in [-0.2, 0) is 20.9 Å². The maximum absolute atomic E-state index is 14.3. The van der Waals surface area contributed by atoms with Gasteiger partial charge in [-0.3, -0.25) is 9.59 Å². The summed E-state index contributed by atoms with van der Waals surface area (Å²) in [5.74, 6) is -0.706. The highest BCUT2D eigenvalue weighted by atomic mass is 16.6. The van der Waals surface area contributed by atoms with E-state index in [9.17, 15) is 14.4 Å². The number of ether oxygens (including phenoxy) is 1. The van der Waals surface area contributed by atoms with Crippen molar-refractivity contribution in [3.63, 3.8) is 0 Å². The molecule has 0 aliphatic rings. The average Bonchev–Trinajstić information content (AvgIpc) is 2.88. The zero-order chi connectivity index (χ0) is 29.2. The summed E-state index contributed by atoms with van der Waals surface area (Å²) >= 11 is 0. The molecule has 0 bridgehead atoms. The molecule has 7 heteroatoms. The second-order valence-corrected chi connectivity index (χ2v) is 11.4. The van der Waals surface area contributed by atoms with Crippen molar-refractivity contribution in [3.8, 4) is 0 Å². The molecule has 3 amide bonds. The molecule has 0 heterocycles. The third-order valence-electron chi connectivity index (χ3n) is 6.79. The van der Waals surface area contributed by atoms with Crippen LogP contribution in [0, 0.1) is 19.8 Å². The monoisotopic (exact) mass is 537 g/mol. The van der Waals surface area contributed by atoms with Crippen LogP contribution in [0.25, 0.3) is 0 Å². The van der Waals surface area contributed by atoms with Gasteiger partial charge in [0.1, 0.15) is 17.7 Å². The number of aryl methyl sites for hydroxylation is 2. The summed E-state index contributed by atoms with van der Waals surface area (Å²) in [6, 6.07) is 14.0. The zero-order valence-corrected chi connectivity index (χ0v) is 25.0. The lowest BCUT2D eigenvalue weighted by atomic mass is 9.93. The molecular formula is C32H47N3O4. The fourth-order valence-corrected chi connectivity index (χ4v) is 4.38. The Bertz CT molecular complexity index is 1090. The van der Waals surface area contributed by atoms with E-state index in [2.05, 4.69) is 17.6 Å². The Balaban J connectivity index is 2.53. The van der Waals surface area contributed by atoms with Crippen molar-refractivity contribution in [1.29, 1.82) is 0 Å². The quantitative estimate of drug-likeness (QED) is 0.336. The number of hydrogen-bond donors (Lipinski definition) is 2. The second kappa shape index (κ2) is 14.7. The minimum atomic E-state index is -0.848. The Labute approximate surface area is 234 Å². The van der Waals surface area contributed by atoms with Crippen molar-refractivity contribution in [2.75, 3.05) is 6.54 Å². The van der Waals surface area contributed by atoms with Crippen molar-refractivity contribution >= 4 is 17.9 Å². The van der Waals surface area contributed by atoms with Gasteiger partial charge in [0, 0.05) is 13.1 Å². The maximum Gasteiger partial charge on any atom is 0.408 e. The van der Waals surface area contributed by atoms with Crippen LogP contribution in [-0.4, -0.2) is 41.0 Å². The van der Waals surface area contributed by atoms with Gasteiger partial charge in [0.15, 0.2) is 0 Å². The van der Waals surface area contributed by atoms with Crippen molar-refractivity contribution in [2.45, 2.75) is 98.9 Å². The molecule has 2 aromatic carbocycles. The highest BCUT2D eigenvalue weighted by Gasteiger charge is 2.38. The molecule has 3 atom stereocenters. The van der Waals surface area contributed by atoms with Crippen LogP contribution in [0.2, 0.25) is 0 Å². The third-order valence-corrected chi connectivity index (χ3v) is 6.79. The molecule has 3 unspecified atom stereocenters. The van der Waals surface area contributed by atoms with Crippen LogP contribution in [0.3, 0.4) is 0 Å². The lowest BCUT2D eigenvalue weighted by molar-refractivity contribution is -0.143. The molecule has 39 heavy (non-hydrogen) atoms. The number of alkyl carbamates (subject to hydrolysis) is 1. The van der Waals surface area contributed by atoms with Gasteiger partial charge in [-0.05, 0) is 63.6 Å². The summed E-state index contributed by atoms with van der Waals surface area (Å²) in [6.45, 7) is 16.0. The fourth-order valence-electron chi connectivity index (χ4n) is 4.38. The summed E-state index contributed by atoms with van der Waals surface area (Å²) in [5.41, 5.74) is 2.99. The van der Waals surface area contributed by atoms with E-state index in [1.54, 1.807) is 25.7 Å².